The molecule has 0 spiro atoms. The predicted molar refractivity (Wildman–Crippen MR) is 126 cm³/mol. The van der Waals surface area contributed by atoms with Crippen molar-refractivity contribution < 1.29 is 0 Å². The molecule has 0 saturated carbocycles. The van der Waals surface area contributed by atoms with E-state index >= 15 is 0 Å². The largest absolute Gasteiger partial charge is 0.369 e. The van der Waals surface area contributed by atoms with Crippen molar-refractivity contribution in [1.82, 2.24) is 25.1 Å². The number of rotatable bonds is 5. The number of hydrogen-bond acceptors (Lipinski definition) is 6. The quantitative estimate of drug-likeness (QED) is 0.520. The van der Waals surface area contributed by atoms with E-state index in [9.17, 15) is 0 Å². The van der Waals surface area contributed by atoms with Crippen LogP contribution < -0.4 is 10.2 Å². The summed E-state index contributed by atoms with van der Waals surface area (Å²) in [5.41, 5.74) is 5.85. The van der Waals surface area contributed by atoms with Crippen LogP contribution in [-0.4, -0.2) is 58.3 Å². The number of nitrogens with zero attached hydrogens (tertiary/aromatic N) is 5. The molecule has 0 unspecified atom stereocenters. The molecule has 7 heteroatoms. The Hall–Kier alpha value is -3.71. The standard InChI is InChI=1S/C24H25N7/c1-17(18-3-5-21(6-4-18)31-13-11-30(2)12-14-31)27-24-22-15-20(16-26-23(22)28-29-24)19-7-9-25-10-8-19/h3-10,15-16H,1,11-14H2,2H3,(H2,26,27,28,29). The molecule has 5 rings (SSSR count). The Labute approximate surface area is 181 Å². The van der Waals surface area contributed by atoms with Crippen molar-refractivity contribution in [3.05, 3.63) is 73.2 Å². The van der Waals surface area contributed by atoms with Crippen LogP contribution in [0.1, 0.15) is 5.56 Å². The molecule has 0 atom stereocenters. The summed E-state index contributed by atoms with van der Waals surface area (Å²) >= 11 is 0. The highest BCUT2D eigenvalue weighted by molar-refractivity contribution is 5.94. The molecule has 2 N–H and O–H groups in total. The first-order chi connectivity index (χ1) is 15.2. The smallest absolute Gasteiger partial charge is 0.183 e. The molecule has 31 heavy (non-hydrogen) atoms. The van der Waals surface area contributed by atoms with E-state index in [2.05, 4.69) is 79.2 Å². The number of aromatic amines is 1. The fraction of sp³-hybridized carbons (Fsp3) is 0.208. The number of likely N-dealkylation sites (N-methyl/N-ethyl adjacent to an activating group) is 1. The Balaban J connectivity index is 1.34. The molecule has 0 amide bonds. The molecule has 1 saturated heterocycles. The fourth-order valence-electron chi connectivity index (χ4n) is 3.86. The van der Waals surface area contributed by atoms with Gasteiger partial charge in [-0.05, 0) is 48.5 Å². The lowest BCUT2D eigenvalue weighted by Crippen LogP contribution is -2.44. The van der Waals surface area contributed by atoms with Gasteiger partial charge in [0.15, 0.2) is 5.65 Å². The molecule has 1 aromatic carbocycles. The first-order valence-corrected chi connectivity index (χ1v) is 10.4. The van der Waals surface area contributed by atoms with Crippen molar-refractivity contribution in [2.24, 2.45) is 0 Å². The summed E-state index contributed by atoms with van der Waals surface area (Å²) in [6, 6.07) is 14.6. The van der Waals surface area contributed by atoms with Gasteiger partial charge in [0.25, 0.3) is 0 Å². The van der Waals surface area contributed by atoms with Gasteiger partial charge in [-0.25, -0.2) is 4.98 Å². The van der Waals surface area contributed by atoms with E-state index in [1.54, 1.807) is 12.4 Å². The maximum atomic E-state index is 4.49. The number of pyridine rings is 2. The highest BCUT2D eigenvalue weighted by Crippen LogP contribution is 2.28. The van der Waals surface area contributed by atoms with Gasteiger partial charge in [0.2, 0.25) is 0 Å². The average molecular weight is 412 g/mol. The molecule has 0 aliphatic carbocycles. The van der Waals surface area contributed by atoms with E-state index in [0.717, 1.165) is 59.8 Å². The minimum Gasteiger partial charge on any atom is -0.369 e. The minimum absolute atomic E-state index is 0.665. The number of fused-ring (bicyclic) bond motifs is 1. The lowest BCUT2D eigenvalue weighted by molar-refractivity contribution is 0.313. The van der Waals surface area contributed by atoms with Crippen LogP contribution in [-0.2, 0) is 0 Å². The van der Waals surface area contributed by atoms with E-state index in [0.29, 0.717) is 5.65 Å². The highest BCUT2D eigenvalue weighted by Gasteiger charge is 2.15. The van der Waals surface area contributed by atoms with Crippen LogP contribution in [0.4, 0.5) is 11.5 Å². The second kappa shape index (κ2) is 8.20. The fourth-order valence-corrected chi connectivity index (χ4v) is 3.86. The molecule has 0 bridgehead atoms. The maximum Gasteiger partial charge on any atom is 0.183 e. The van der Waals surface area contributed by atoms with Gasteiger partial charge in [0, 0.05) is 61.7 Å². The highest BCUT2D eigenvalue weighted by atomic mass is 15.2. The molecule has 1 fully saturated rings. The van der Waals surface area contributed by atoms with Crippen molar-refractivity contribution >= 4 is 28.2 Å². The van der Waals surface area contributed by atoms with Gasteiger partial charge in [0.1, 0.15) is 5.82 Å². The van der Waals surface area contributed by atoms with Crippen molar-refractivity contribution in [1.29, 1.82) is 0 Å². The first kappa shape index (κ1) is 19.3. The Kier molecular flexibility index (Phi) is 5.09. The van der Waals surface area contributed by atoms with E-state index < -0.39 is 0 Å². The van der Waals surface area contributed by atoms with Gasteiger partial charge in [-0.15, -0.1) is 0 Å². The molecule has 4 aromatic rings. The summed E-state index contributed by atoms with van der Waals surface area (Å²) in [7, 11) is 2.17. The second-order valence-electron chi connectivity index (χ2n) is 7.87. The zero-order chi connectivity index (χ0) is 21.2. The average Bonchev–Trinajstić information content (AvgIpc) is 3.22. The third-order valence-corrected chi connectivity index (χ3v) is 5.78. The molecule has 4 heterocycles. The summed E-state index contributed by atoms with van der Waals surface area (Å²) in [6.45, 7) is 8.54. The summed E-state index contributed by atoms with van der Waals surface area (Å²) in [5, 5.41) is 11.7. The minimum atomic E-state index is 0.665. The van der Waals surface area contributed by atoms with E-state index in [1.165, 1.54) is 5.69 Å². The Morgan fingerprint density at radius 3 is 2.48 bits per heavy atom. The Bertz CT molecular complexity index is 1190. The molecule has 3 aromatic heterocycles. The van der Waals surface area contributed by atoms with Crippen molar-refractivity contribution in [3.63, 3.8) is 0 Å². The van der Waals surface area contributed by atoms with E-state index in [4.69, 9.17) is 0 Å². The number of piperazine rings is 1. The van der Waals surface area contributed by atoms with Crippen LogP contribution in [0.3, 0.4) is 0 Å². The van der Waals surface area contributed by atoms with Gasteiger partial charge in [-0.2, -0.15) is 5.10 Å². The van der Waals surface area contributed by atoms with Gasteiger partial charge in [-0.3, -0.25) is 10.1 Å². The Morgan fingerprint density at radius 1 is 1.00 bits per heavy atom. The number of anilines is 2. The van der Waals surface area contributed by atoms with Gasteiger partial charge in [0.05, 0.1) is 5.39 Å². The first-order valence-electron chi connectivity index (χ1n) is 10.4. The van der Waals surface area contributed by atoms with Crippen LogP contribution in [0.15, 0.2) is 67.6 Å². The molecule has 1 aliphatic heterocycles. The summed E-state index contributed by atoms with van der Waals surface area (Å²) in [6.07, 6.45) is 5.39. The van der Waals surface area contributed by atoms with Gasteiger partial charge < -0.3 is 15.1 Å². The van der Waals surface area contributed by atoms with Gasteiger partial charge in [-0.1, -0.05) is 18.7 Å². The Morgan fingerprint density at radius 2 is 1.74 bits per heavy atom. The van der Waals surface area contributed by atoms with Crippen molar-refractivity contribution in [2.75, 3.05) is 43.4 Å². The van der Waals surface area contributed by atoms with Crippen LogP contribution in [0.25, 0.3) is 27.9 Å². The lowest BCUT2D eigenvalue weighted by atomic mass is 10.1. The molecule has 1 aliphatic rings. The van der Waals surface area contributed by atoms with E-state index in [-0.39, 0.29) is 0 Å². The summed E-state index contributed by atoms with van der Waals surface area (Å²) in [5.74, 6) is 0.784. The zero-order valence-electron chi connectivity index (χ0n) is 17.5. The third kappa shape index (κ3) is 4.00. The van der Waals surface area contributed by atoms with E-state index in [1.807, 2.05) is 18.3 Å². The number of hydrogen-bond donors (Lipinski definition) is 2. The predicted octanol–water partition coefficient (Wildman–Crippen LogP) is 3.85. The summed E-state index contributed by atoms with van der Waals surface area (Å²) < 4.78 is 0. The second-order valence-corrected chi connectivity index (χ2v) is 7.87. The molecule has 156 valence electrons. The number of nitrogens with one attached hydrogen (secondary N) is 2. The van der Waals surface area contributed by atoms with Crippen LogP contribution in [0.5, 0.6) is 0 Å². The van der Waals surface area contributed by atoms with Gasteiger partial charge >= 0.3 is 0 Å². The molecule has 7 nitrogen and oxygen atoms in total. The normalized spacial score (nSPS) is 14.7. The molecular weight excluding hydrogens is 386 g/mol. The monoisotopic (exact) mass is 411 g/mol. The van der Waals surface area contributed by atoms with Crippen molar-refractivity contribution in [2.45, 2.75) is 0 Å². The SMILES string of the molecule is C=C(Nc1[nH]nc2ncc(-c3ccncc3)cc12)c1ccc(N2CCN(C)CC2)cc1. The topological polar surface area (TPSA) is 73.0 Å². The summed E-state index contributed by atoms with van der Waals surface area (Å²) in [4.78, 5) is 13.4. The van der Waals surface area contributed by atoms with Crippen LogP contribution in [0, 0.1) is 0 Å². The maximum absolute atomic E-state index is 4.49. The number of benzene rings is 1. The third-order valence-electron chi connectivity index (χ3n) is 5.78. The number of aromatic nitrogens is 4. The molecular formula is C24H25N7. The van der Waals surface area contributed by atoms with Crippen molar-refractivity contribution in [3.8, 4) is 11.1 Å². The number of H-pyrrole nitrogens is 1. The van der Waals surface area contributed by atoms with Crippen LogP contribution in [0.2, 0.25) is 0 Å². The zero-order valence-corrected chi connectivity index (χ0v) is 17.5. The lowest BCUT2D eigenvalue weighted by Gasteiger charge is -2.34. The van der Waals surface area contributed by atoms with Crippen LogP contribution >= 0.6 is 0 Å². The molecule has 0 radical (unpaired) electrons.